The zero-order valence-corrected chi connectivity index (χ0v) is 15.5. The Bertz CT molecular complexity index is 932. The molecule has 2 aromatic carbocycles. The molecule has 0 aliphatic carbocycles. The number of benzene rings is 2. The second kappa shape index (κ2) is 7.76. The first-order valence-corrected chi connectivity index (χ1v) is 9.49. The topological polar surface area (TPSA) is 59.0 Å². The van der Waals surface area contributed by atoms with Gasteiger partial charge in [-0.25, -0.2) is 4.68 Å². The minimum atomic E-state index is -0.0705. The molecule has 138 valence electrons. The lowest BCUT2D eigenvalue weighted by Crippen LogP contribution is -2.39. The number of aromatic nitrogens is 2. The van der Waals surface area contributed by atoms with Crippen LogP contribution < -0.4 is 10.6 Å². The van der Waals surface area contributed by atoms with Crippen LogP contribution in [0.25, 0.3) is 5.69 Å². The average molecular weight is 360 g/mol. The summed E-state index contributed by atoms with van der Waals surface area (Å²) in [6, 6.07) is 18.5. The van der Waals surface area contributed by atoms with E-state index < -0.39 is 0 Å². The van der Waals surface area contributed by atoms with Gasteiger partial charge in [-0.2, -0.15) is 5.10 Å². The number of fused-ring (bicyclic) bond motifs is 1. The third-order valence-corrected chi connectivity index (χ3v) is 5.13. The molecule has 5 nitrogen and oxygen atoms in total. The third kappa shape index (κ3) is 3.51. The van der Waals surface area contributed by atoms with Crippen LogP contribution in [0.1, 0.15) is 40.1 Å². The van der Waals surface area contributed by atoms with Gasteiger partial charge in [-0.05, 0) is 42.6 Å². The maximum atomic E-state index is 12.8. The van der Waals surface area contributed by atoms with Crippen LogP contribution in [0.3, 0.4) is 0 Å². The van der Waals surface area contributed by atoms with E-state index in [1.165, 1.54) is 11.1 Å². The van der Waals surface area contributed by atoms with E-state index in [0.717, 1.165) is 30.8 Å². The van der Waals surface area contributed by atoms with Gasteiger partial charge in [-0.3, -0.25) is 4.79 Å². The second-order valence-electron chi connectivity index (χ2n) is 6.77. The molecule has 1 amide bonds. The van der Waals surface area contributed by atoms with Crippen molar-refractivity contribution in [2.24, 2.45) is 0 Å². The van der Waals surface area contributed by atoms with Crippen molar-refractivity contribution >= 4 is 5.91 Å². The molecule has 0 spiro atoms. The molecule has 3 aromatic rings. The van der Waals surface area contributed by atoms with Gasteiger partial charge in [0.1, 0.15) is 0 Å². The molecular formula is C22H24N4O. The molecule has 0 bridgehead atoms. The van der Waals surface area contributed by atoms with Crippen LogP contribution in [0, 0.1) is 0 Å². The molecule has 1 aromatic heterocycles. The van der Waals surface area contributed by atoms with Gasteiger partial charge in [0.25, 0.3) is 5.91 Å². The zero-order chi connectivity index (χ0) is 18.6. The van der Waals surface area contributed by atoms with E-state index in [9.17, 15) is 4.79 Å². The molecular weight excluding hydrogens is 336 g/mol. The molecule has 0 saturated heterocycles. The SMILES string of the molecule is CCc1c(C(=O)NCC2NCCc3ccccc32)cnn1-c1ccccc1. The van der Waals surface area contributed by atoms with Crippen molar-refractivity contribution < 1.29 is 4.79 Å². The Morgan fingerprint density at radius 1 is 1.19 bits per heavy atom. The van der Waals surface area contributed by atoms with E-state index in [-0.39, 0.29) is 11.9 Å². The van der Waals surface area contributed by atoms with Crippen molar-refractivity contribution in [3.63, 3.8) is 0 Å². The molecule has 1 aliphatic heterocycles. The number of para-hydroxylation sites is 1. The number of nitrogens with one attached hydrogen (secondary N) is 2. The maximum Gasteiger partial charge on any atom is 0.254 e. The molecule has 1 atom stereocenters. The number of hydrogen-bond acceptors (Lipinski definition) is 3. The van der Waals surface area contributed by atoms with E-state index >= 15 is 0 Å². The summed E-state index contributed by atoms with van der Waals surface area (Å²) >= 11 is 0. The van der Waals surface area contributed by atoms with Gasteiger partial charge in [0.2, 0.25) is 0 Å². The number of amides is 1. The summed E-state index contributed by atoms with van der Waals surface area (Å²) in [5.74, 6) is -0.0705. The van der Waals surface area contributed by atoms with Crippen LogP contribution in [-0.4, -0.2) is 28.8 Å². The summed E-state index contributed by atoms with van der Waals surface area (Å²) in [5, 5.41) is 11.0. The van der Waals surface area contributed by atoms with Crippen molar-refractivity contribution in [3.05, 3.63) is 83.2 Å². The highest BCUT2D eigenvalue weighted by molar-refractivity contribution is 5.95. The van der Waals surface area contributed by atoms with E-state index in [2.05, 4.69) is 40.0 Å². The average Bonchev–Trinajstić information content (AvgIpc) is 3.17. The van der Waals surface area contributed by atoms with Crippen molar-refractivity contribution in [1.82, 2.24) is 20.4 Å². The standard InChI is InChI=1S/C22H24N4O/c1-2-21-19(14-25-26(21)17-9-4-3-5-10-17)22(27)24-15-20-18-11-7-6-8-16(18)12-13-23-20/h3-11,14,20,23H,2,12-13,15H2,1H3,(H,24,27). The molecule has 1 aliphatic rings. The fourth-order valence-corrected chi connectivity index (χ4v) is 3.76. The van der Waals surface area contributed by atoms with Crippen molar-refractivity contribution in [3.8, 4) is 5.69 Å². The lowest BCUT2D eigenvalue weighted by atomic mass is 9.94. The summed E-state index contributed by atoms with van der Waals surface area (Å²) in [7, 11) is 0. The van der Waals surface area contributed by atoms with Crippen molar-refractivity contribution in [2.75, 3.05) is 13.1 Å². The Labute approximate surface area is 159 Å². The summed E-state index contributed by atoms with van der Waals surface area (Å²) in [6.45, 7) is 3.55. The summed E-state index contributed by atoms with van der Waals surface area (Å²) < 4.78 is 1.85. The number of carbonyl (C=O) groups excluding carboxylic acids is 1. The van der Waals surface area contributed by atoms with Gasteiger partial charge in [0, 0.05) is 12.6 Å². The first kappa shape index (κ1) is 17.5. The van der Waals surface area contributed by atoms with E-state index in [0.29, 0.717) is 12.1 Å². The zero-order valence-electron chi connectivity index (χ0n) is 15.5. The van der Waals surface area contributed by atoms with Crippen LogP contribution in [0.2, 0.25) is 0 Å². The fourth-order valence-electron chi connectivity index (χ4n) is 3.76. The molecule has 1 unspecified atom stereocenters. The summed E-state index contributed by atoms with van der Waals surface area (Å²) in [4.78, 5) is 12.8. The first-order valence-electron chi connectivity index (χ1n) is 9.49. The van der Waals surface area contributed by atoms with E-state index in [1.54, 1.807) is 6.20 Å². The Balaban J connectivity index is 1.51. The highest BCUT2D eigenvalue weighted by Gasteiger charge is 2.22. The number of rotatable bonds is 5. The minimum Gasteiger partial charge on any atom is -0.350 e. The van der Waals surface area contributed by atoms with Crippen LogP contribution in [0.15, 0.2) is 60.8 Å². The van der Waals surface area contributed by atoms with Gasteiger partial charge in [0.05, 0.1) is 23.1 Å². The second-order valence-corrected chi connectivity index (χ2v) is 6.77. The molecule has 2 heterocycles. The normalized spacial score (nSPS) is 16.0. The molecule has 5 heteroatoms. The smallest absolute Gasteiger partial charge is 0.254 e. The van der Waals surface area contributed by atoms with Crippen molar-refractivity contribution in [2.45, 2.75) is 25.8 Å². The highest BCUT2D eigenvalue weighted by atomic mass is 16.1. The van der Waals surface area contributed by atoms with Crippen molar-refractivity contribution in [1.29, 1.82) is 0 Å². The minimum absolute atomic E-state index is 0.0705. The molecule has 0 fully saturated rings. The fraction of sp³-hybridized carbons (Fsp3) is 0.273. The van der Waals surface area contributed by atoms with Crippen LogP contribution in [0.4, 0.5) is 0 Å². The van der Waals surface area contributed by atoms with E-state index in [4.69, 9.17) is 0 Å². The molecule has 0 radical (unpaired) electrons. The maximum absolute atomic E-state index is 12.8. The molecule has 27 heavy (non-hydrogen) atoms. The Morgan fingerprint density at radius 3 is 2.78 bits per heavy atom. The van der Waals surface area contributed by atoms with E-state index in [1.807, 2.05) is 41.9 Å². The largest absolute Gasteiger partial charge is 0.350 e. The number of nitrogens with zero attached hydrogens (tertiary/aromatic N) is 2. The lowest BCUT2D eigenvalue weighted by Gasteiger charge is -2.27. The predicted molar refractivity (Wildman–Crippen MR) is 106 cm³/mol. The van der Waals surface area contributed by atoms with Gasteiger partial charge in [0.15, 0.2) is 0 Å². The van der Waals surface area contributed by atoms with Gasteiger partial charge in [-0.15, -0.1) is 0 Å². The molecule has 2 N–H and O–H groups in total. The van der Waals surface area contributed by atoms with Crippen LogP contribution in [0.5, 0.6) is 0 Å². The molecule has 4 rings (SSSR count). The highest BCUT2D eigenvalue weighted by Crippen LogP contribution is 2.22. The number of hydrogen-bond donors (Lipinski definition) is 2. The third-order valence-electron chi connectivity index (χ3n) is 5.13. The first-order chi connectivity index (χ1) is 13.3. The van der Waals surface area contributed by atoms with Gasteiger partial charge in [-0.1, -0.05) is 49.4 Å². The molecule has 0 saturated carbocycles. The lowest BCUT2D eigenvalue weighted by molar-refractivity contribution is 0.0948. The monoisotopic (exact) mass is 360 g/mol. The Kier molecular flexibility index (Phi) is 5.03. The van der Waals surface area contributed by atoms with Crippen LogP contribution >= 0.6 is 0 Å². The Morgan fingerprint density at radius 2 is 1.96 bits per heavy atom. The summed E-state index contributed by atoms with van der Waals surface area (Å²) in [6.07, 6.45) is 3.44. The predicted octanol–water partition coefficient (Wildman–Crippen LogP) is 3.05. The van der Waals surface area contributed by atoms with Gasteiger partial charge < -0.3 is 10.6 Å². The quantitative estimate of drug-likeness (QED) is 0.735. The van der Waals surface area contributed by atoms with Gasteiger partial charge >= 0.3 is 0 Å². The summed E-state index contributed by atoms with van der Waals surface area (Å²) in [5.41, 5.74) is 5.18. The number of carbonyl (C=O) groups is 1. The Hall–Kier alpha value is -2.92. The van der Waals surface area contributed by atoms with Crippen LogP contribution in [-0.2, 0) is 12.8 Å².